The summed E-state index contributed by atoms with van der Waals surface area (Å²) in [5.41, 5.74) is 5.34. The number of aromatic nitrogens is 2. The van der Waals surface area contributed by atoms with Crippen molar-refractivity contribution in [2.75, 3.05) is 17.6 Å². The van der Waals surface area contributed by atoms with E-state index in [1.165, 1.54) is 6.07 Å². The summed E-state index contributed by atoms with van der Waals surface area (Å²) < 4.78 is 37.4. The Balaban J connectivity index is 2.81. The Bertz CT molecular complexity index is 388. The molecule has 4 nitrogen and oxygen atoms in total. The summed E-state index contributed by atoms with van der Waals surface area (Å²) in [5, 5.41) is 2.87. The molecule has 0 bridgehead atoms. The molecule has 0 unspecified atom stereocenters. The monoisotopic (exact) mass is 262 g/mol. The standard InChI is InChI=1S/C11H17F3N4/c1-3-7(4-2)6-16-9-5-8(15)17-10(18-9)11(12,13)14/h5,7H,3-4,6H2,1-2H3,(H3,15,16,17,18). The van der Waals surface area contributed by atoms with Crippen molar-refractivity contribution in [3.8, 4) is 0 Å². The molecule has 0 fully saturated rings. The number of alkyl halides is 3. The summed E-state index contributed by atoms with van der Waals surface area (Å²) in [6.45, 7) is 4.64. The average molecular weight is 262 g/mol. The Labute approximate surface area is 104 Å². The van der Waals surface area contributed by atoms with Crippen LogP contribution >= 0.6 is 0 Å². The van der Waals surface area contributed by atoms with Crippen molar-refractivity contribution < 1.29 is 13.2 Å². The van der Waals surface area contributed by atoms with Crippen LogP contribution in [0.5, 0.6) is 0 Å². The molecule has 0 aliphatic heterocycles. The fraction of sp³-hybridized carbons (Fsp3) is 0.636. The lowest BCUT2D eigenvalue weighted by Crippen LogP contribution is -2.17. The van der Waals surface area contributed by atoms with Crippen LogP contribution in [0.25, 0.3) is 0 Å². The molecule has 7 heteroatoms. The first-order valence-corrected chi connectivity index (χ1v) is 5.82. The van der Waals surface area contributed by atoms with Gasteiger partial charge >= 0.3 is 6.18 Å². The molecule has 0 saturated heterocycles. The molecule has 1 aromatic heterocycles. The van der Waals surface area contributed by atoms with Gasteiger partial charge in [-0.2, -0.15) is 13.2 Å². The minimum atomic E-state index is -4.58. The van der Waals surface area contributed by atoms with E-state index in [1.807, 2.05) is 13.8 Å². The van der Waals surface area contributed by atoms with Crippen LogP contribution in [0, 0.1) is 5.92 Å². The Morgan fingerprint density at radius 1 is 1.28 bits per heavy atom. The van der Waals surface area contributed by atoms with Crippen molar-refractivity contribution in [2.24, 2.45) is 5.92 Å². The number of hydrogen-bond acceptors (Lipinski definition) is 4. The third-order valence-electron chi connectivity index (χ3n) is 2.73. The first-order chi connectivity index (χ1) is 8.36. The quantitative estimate of drug-likeness (QED) is 0.856. The van der Waals surface area contributed by atoms with Gasteiger partial charge in [0.1, 0.15) is 11.6 Å². The molecule has 0 aliphatic carbocycles. The highest BCUT2D eigenvalue weighted by molar-refractivity contribution is 5.44. The van der Waals surface area contributed by atoms with Crippen LogP contribution in [-0.4, -0.2) is 16.5 Å². The molecule has 0 spiro atoms. The highest BCUT2D eigenvalue weighted by Crippen LogP contribution is 2.27. The lowest BCUT2D eigenvalue weighted by molar-refractivity contribution is -0.144. The van der Waals surface area contributed by atoms with E-state index in [4.69, 9.17) is 5.73 Å². The van der Waals surface area contributed by atoms with Gasteiger partial charge in [0.25, 0.3) is 0 Å². The molecule has 0 saturated carbocycles. The largest absolute Gasteiger partial charge is 0.451 e. The minimum Gasteiger partial charge on any atom is -0.384 e. The van der Waals surface area contributed by atoms with Crippen LogP contribution in [0.15, 0.2) is 6.07 Å². The number of nitrogens with one attached hydrogen (secondary N) is 1. The second kappa shape index (κ2) is 5.88. The second-order valence-corrected chi connectivity index (χ2v) is 4.06. The second-order valence-electron chi connectivity index (χ2n) is 4.06. The van der Waals surface area contributed by atoms with Crippen molar-refractivity contribution in [1.82, 2.24) is 9.97 Å². The molecule has 3 N–H and O–H groups in total. The molecule has 18 heavy (non-hydrogen) atoms. The van der Waals surface area contributed by atoms with E-state index < -0.39 is 12.0 Å². The molecule has 0 amide bonds. The SMILES string of the molecule is CCC(CC)CNc1cc(N)nc(C(F)(F)F)n1. The number of nitrogens with zero attached hydrogens (tertiary/aromatic N) is 2. The minimum absolute atomic E-state index is 0.113. The van der Waals surface area contributed by atoms with Crippen LogP contribution in [0.4, 0.5) is 24.8 Å². The normalized spacial score (nSPS) is 11.9. The first kappa shape index (κ1) is 14.5. The molecular weight excluding hydrogens is 245 g/mol. The predicted octanol–water partition coefficient (Wildman–Crippen LogP) is 2.93. The van der Waals surface area contributed by atoms with Gasteiger partial charge in [-0.15, -0.1) is 0 Å². The summed E-state index contributed by atoms with van der Waals surface area (Å²) in [6.07, 6.45) is -2.67. The maximum Gasteiger partial charge on any atom is 0.451 e. The number of rotatable bonds is 5. The highest BCUT2D eigenvalue weighted by atomic mass is 19.4. The predicted molar refractivity (Wildman–Crippen MR) is 64.0 cm³/mol. The summed E-state index contributed by atoms with van der Waals surface area (Å²) in [7, 11) is 0. The van der Waals surface area contributed by atoms with E-state index in [-0.39, 0.29) is 11.6 Å². The Hall–Kier alpha value is -1.53. The van der Waals surface area contributed by atoms with E-state index in [0.29, 0.717) is 12.5 Å². The molecule has 102 valence electrons. The lowest BCUT2D eigenvalue weighted by atomic mass is 10.0. The highest BCUT2D eigenvalue weighted by Gasteiger charge is 2.35. The smallest absolute Gasteiger partial charge is 0.384 e. The van der Waals surface area contributed by atoms with Crippen molar-refractivity contribution >= 4 is 11.6 Å². The molecule has 0 aliphatic rings. The summed E-state index contributed by atoms with van der Waals surface area (Å²) >= 11 is 0. The van der Waals surface area contributed by atoms with Crippen molar-refractivity contribution in [3.05, 3.63) is 11.9 Å². The van der Waals surface area contributed by atoms with Gasteiger partial charge < -0.3 is 11.1 Å². The van der Waals surface area contributed by atoms with E-state index in [0.717, 1.165) is 12.8 Å². The van der Waals surface area contributed by atoms with Gasteiger partial charge in [-0.3, -0.25) is 0 Å². The number of nitrogen functional groups attached to an aromatic ring is 1. The summed E-state index contributed by atoms with van der Waals surface area (Å²) in [4.78, 5) is 6.59. The maximum atomic E-state index is 12.5. The van der Waals surface area contributed by atoms with Crippen LogP contribution < -0.4 is 11.1 Å². The van der Waals surface area contributed by atoms with Gasteiger partial charge in [0.2, 0.25) is 5.82 Å². The van der Waals surface area contributed by atoms with E-state index in [1.54, 1.807) is 0 Å². The zero-order chi connectivity index (χ0) is 13.8. The van der Waals surface area contributed by atoms with Gasteiger partial charge in [0, 0.05) is 12.6 Å². The molecule has 1 rings (SSSR count). The molecule has 0 atom stereocenters. The number of halogens is 3. The number of nitrogens with two attached hydrogens (primary N) is 1. The Morgan fingerprint density at radius 2 is 1.89 bits per heavy atom. The van der Waals surface area contributed by atoms with Crippen LogP contribution in [0.2, 0.25) is 0 Å². The number of anilines is 2. The van der Waals surface area contributed by atoms with Crippen molar-refractivity contribution in [3.63, 3.8) is 0 Å². The van der Waals surface area contributed by atoms with E-state index >= 15 is 0 Å². The van der Waals surface area contributed by atoms with Gasteiger partial charge in [-0.1, -0.05) is 26.7 Å². The van der Waals surface area contributed by atoms with Gasteiger partial charge in [-0.25, -0.2) is 9.97 Å². The van der Waals surface area contributed by atoms with Crippen LogP contribution in [0.3, 0.4) is 0 Å². The van der Waals surface area contributed by atoms with Crippen LogP contribution in [0.1, 0.15) is 32.5 Å². The molecular formula is C11H17F3N4. The Morgan fingerprint density at radius 3 is 2.39 bits per heavy atom. The van der Waals surface area contributed by atoms with Gasteiger partial charge in [0.15, 0.2) is 0 Å². The topological polar surface area (TPSA) is 63.8 Å². The molecule has 0 radical (unpaired) electrons. The first-order valence-electron chi connectivity index (χ1n) is 5.82. The summed E-state index contributed by atoms with van der Waals surface area (Å²) in [6, 6.07) is 1.30. The molecule has 1 heterocycles. The Kier molecular flexibility index (Phi) is 4.75. The molecule has 1 aromatic rings. The number of hydrogen-bond donors (Lipinski definition) is 2. The zero-order valence-electron chi connectivity index (χ0n) is 10.4. The zero-order valence-corrected chi connectivity index (χ0v) is 10.4. The van der Waals surface area contributed by atoms with Crippen molar-refractivity contribution in [1.29, 1.82) is 0 Å². The van der Waals surface area contributed by atoms with Crippen LogP contribution in [-0.2, 0) is 6.18 Å². The van der Waals surface area contributed by atoms with Crippen molar-refractivity contribution in [2.45, 2.75) is 32.9 Å². The fourth-order valence-corrected chi connectivity index (χ4v) is 1.51. The third kappa shape index (κ3) is 4.05. The lowest BCUT2D eigenvalue weighted by Gasteiger charge is -2.14. The van der Waals surface area contributed by atoms with E-state index in [9.17, 15) is 13.2 Å². The maximum absolute atomic E-state index is 12.5. The van der Waals surface area contributed by atoms with E-state index in [2.05, 4.69) is 15.3 Å². The third-order valence-corrected chi connectivity index (χ3v) is 2.73. The average Bonchev–Trinajstić information content (AvgIpc) is 2.28. The van der Waals surface area contributed by atoms with Gasteiger partial charge in [-0.05, 0) is 5.92 Å². The summed E-state index contributed by atoms with van der Waals surface area (Å²) in [5.74, 6) is -0.892. The molecule has 0 aromatic carbocycles. The van der Waals surface area contributed by atoms with Gasteiger partial charge in [0.05, 0.1) is 0 Å². The fourth-order valence-electron chi connectivity index (χ4n) is 1.51.